The van der Waals surface area contributed by atoms with Gasteiger partial charge in [0, 0.05) is 0 Å². The first-order valence-corrected chi connectivity index (χ1v) is 3.14. The van der Waals surface area contributed by atoms with Gasteiger partial charge in [-0.15, -0.1) is 0 Å². The fraction of sp³-hybridized carbons (Fsp3) is 0.833. The SMILES string of the molecule is CC1(C)OCN[C@@H]1C(=O)O. The second-order valence-electron chi connectivity index (χ2n) is 2.87. The lowest BCUT2D eigenvalue weighted by Gasteiger charge is -2.20. The number of carboxylic acid groups (broad SMARTS) is 1. The van der Waals surface area contributed by atoms with Gasteiger partial charge in [0.2, 0.25) is 0 Å². The zero-order valence-corrected chi connectivity index (χ0v) is 6.05. The van der Waals surface area contributed by atoms with Gasteiger partial charge in [0.05, 0.1) is 12.3 Å². The fourth-order valence-electron chi connectivity index (χ4n) is 1.02. The summed E-state index contributed by atoms with van der Waals surface area (Å²) in [5.41, 5.74) is -0.578. The molecule has 1 fully saturated rings. The Kier molecular flexibility index (Phi) is 1.66. The fourth-order valence-corrected chi connectivity index (χ4v) is 1.02. The molecule has 0 aromatic carbocycles. The van der Waals surface area contributed by atoms with Crippen molar-refractivity contribution in [2.45, 2.75) is 25.5 Å². The Morgan fingerprint density at radius 3 is 2.60 bits per heavy atom. The summed E-state index contributed by atoms with van der Waals surface area (Å²) >= 11 is 0. The quantitative estimate of drug-likeness (QED) is 0.536. The lowest BCUT2D eigenvalue weighted by atomic mass is 10.0. The normalized spacial score (nSPS) is 30.4. The van der Waals surface area contributed by atoms with Gasteiger partial charge in [0.25, 0.3) is 0 Å². The minimum atomic E-state index is -0.859. The number of aliphatic carboxylic acids is 1. The third-order valence-electron chi connectivity index (χ3n) is 1.67. The highest BCUT2D eigenvalue weighted by Gasteiger charge is 2.40. The van der Waals surface area contributed by atoms with Crippen LogP contribution in [-0.2, 0) is 9.53 Å². The Labute approximate surface area is 59.2 Å². The van der Waals surface area contributed by atoms with Crippen LogP contribution in [0.1, 0.15) is 13.8 Å². The van der Waals surface area contributed by atoms with E-state index in [1.807, 2.05) is 0 Å². The lowest BCUT2D eigenvalue weighted by molar-refractivity contribution is -0.142. The van der Waals surface area contributed by atoms with Crippen LogP contribution in [0.3, 0.4) is 0 Å². The molecule has 0 amide bonds. The Balaban J connectivity index is 2.68. The molecule has 0 bridgehead atoms. The van der Waals surface area contributed by atoms with E-state index < -0.39 is 17.6 Å². The Bertz CT molecular complexity index is 155. The summed E-state index contributed by atoms with van der Waals surface area (Å²) in [5, 5.41) is 11.3. The molecule has 1 aliphatic heterocycles. The molecule has 0 unspecified atom stereocenters. The first-order valence-electron chi connectivity index (χ1n) is 3.14. The van der Waals surface area contributed by atoms with Crippen LogP contribution in [0.4, 0.5) is 0 Å². The highest BCUT2D eigenvalue weighted by Crippen LogP contribution is 2.19. The molecule has 0 aromatic heterocycles. The van der Waals surface area contributed by atoms with Gasteiger partial charge < -0.3 is 9.84 Å². The van der Waals surface area contributed by atoms with Crippen molar-refractivity contribution in [3.8, 4) is 0 Å². The average Bonchev–Trinajstić information content (AvgIpc) is 2.08. The minimum absolute atomic E-state index is 0.323. The number of carbonyl (C=O) groups is 1. The van der Waals surface area contributed by atoms with Gasteiger partial charge in [-0.05, 0) is 13.8 Å². The maximum Gasteiger partial charge on any atom is 0.323 e. The van der Waals surface area contributed by atoms with Gasteiger partial charge in [-0.1, -0.05) is 0 Å². The topological polar surface area (TPSA) is 58.6 Å². The molecule has 58 valence electrons. The van der Waals surface area contributed by atoms with Crippen LogP contribution >= 0.6 is 0 Å². The van der Waals surface area contributed by atoms with Crippen LogP contribution in [-0.4, -0.2) is 29.4 Å². The van der Waals surface area contributed by atoms with Crippen LogP contribution in [0.2, 0.25) is 0 Å². The van der Waals surface area contributed by atoms with Crippen molar-refractivity contribution in [3.63, 3.8) is 0 Å². The highest BCUT2D eigenvalue weighted by molar-refractivity contribution is 5.75. The smallest absolute Gasteiger partial charge is 0.323 e. The Morgan fingerprint density at radius 1 is 1.80 bits per heavy atom. The van der Waals surface area contributed by atoms with Gasteiger partial charge >= 0.3 is 5.97 Å². The van der Waals surface area contributed by atoms with Crippen LogP contribution in [0.5, 0.6) is 0 Å². The van der Waals surface area contributed by atoms with E-state index in [0.29, 0.717) is 6.73 Å². The number of nitrogens with one attached hydrogen (secondary N) is 1. The molecule has 0 radical (unpaired) electrons. The maximum absolute atomic E-state index is 10.5. The number of carboxylic acids is 1. The molecule has 10 heavy (non-hydrogen) atoms. The molecule has 2 N–H and O–H groups in total. The van der Waals surface area contributed by atoms with Crippen molar-refractivity contribution >= 4 is 5.97 Å². The Hall–Kier alpha value is -0.610. The summed E-state index contributed by atoms with van der Waals surface area (Å²) in [6, 6.07) is -0.576. The molecule has 1 atom stereocenters. The van der Waals surface area contributed by atoms with Gasteiger partial charge in [-0.2, -0.15) is 0 Å². The largest absolute Gasteiger partial charge is 0.480 e. The minimum Gasteiger partial charge on any atom is -0.480 e. The molecule has 1 rings (SSSR count). The average molecular weight is 145 g/mol. The number of hydrogen-bond donors (Lipinski definition) is 2. The van der Waals surface area contributed by atoms with Crippen molar-refractivity contribution in [2.24, 2.45) is 0 Å². The highest BCUT2D eigenvalue weighted by atomic mass is 16.5. The van der Waals surface area contributed by atoms with Crippen LogP contribution in [0.25, 0.3) is 0 Å². The number of hydrogen-bond acceptors (Lipinski definition) is 3. The summed E-state index contributed by atoms with van der Waals surface area (Å²) < 4.78 is 5.12. The molecule has 4 heteroatoms. The second-order valence-corrected chi connectivity index (χ2v) is 2.87. The molecule has 0 aromatic rings. The van der Waals surface area contributed by atoms with Crippen molar-refractivity contribution in [1.29, 1.82) is 0 Å². The predicted molar refractivity (Wildman–Crippen MR) is 34.6 cm³/mol. The molecular formula is C6H11NO3. The van der Waals surface area contributed by atoms with E-state index in [9.17, 15) is 4.79 Å². The predicted octanol–water partition coefficient (Wildman–Crippen LogP) is -0.205. The van der Waals surface area contributed by atoms with E-state index in [0.717, 1.165) is 0 Å². The van der Waals surface area contributed by atoms with Gasteiger partial charge in [-0.25, -0.2) is 0 Å². The lowest BCUT2D eigenvalue weighted by Crippen LogP contribution is -2.44. The summed E-state index contributed by atoms with van der Waals surface area (Å²) in [7, 11) is 0. The zero-order chi connectivity index (χ0) is 7.78. The molecule has 1 heterocycles. The summed E-state index contributed by atoms with van der Waals surface area (Å²) in [4.78, 5) is 10.5. The molecule has 1 aliphatic rings. The van der Waals surface area contributed by atoms with Crippen LogP contribution in [0, 0.1) is 0 Å². The van der Waals surface area contributed by atoms with Crippen LogP contribution in [0.15, 0.2) is 0 Å². The van der Waals surface area contributed by atoms with Crippen molar-refractivity contribution in [2.75, 3.05) is 6.73 Å². The summed E-state index contributed by atoms with van der Waals surface area (Å²) in [5.74, 6) is -0.859. The van der Waals surface area contributed by atoms with Crippen molar-refractivity contribution in [1.82, 2.24) is 5.32 Å². The molecule has 0 aliphatic carbocycles. The summed E-state index contributed by atoms with van der Waals surface area (Å²) in [6.45, 7) is 3.83. The first-order chi connectivity index (χ1) is 4.54. The second kappa shape index (κ2) is 2.21. The monoisotopic (exact) mass is 145 g/mol. The number of ether oxygens (including phenoxy) is 1. The summed E-state index contributed by atoms with van der Waals surface area (Å²) in [6.07, 6.45) is 0. The van der Waals surface area contributed by atoms with E-state index in [1.165, 1.54) is 0 Å². The molecule has 0 spiro atoms. The van der Waals surface area contributed by atoms with Gasteiger partial charge in [-0.3, -0.25) is 10.1 Å². The third kappa shape index (κ3) is 1.12. The van der Waals surface area contributed by atoms with Crippen molar-refractivity contribution < 1.29 is 14.6 Å². The Morgan fingerprint density at radius 2 is 2.40 bits per heavy atom. The first kappa shape index (κ1) is 7.50. The van der Waals surface area contributed by atoms with Crippen LogP contribution < -0.4 is 5.32 Å². The zero-order valence-electron chi connectivity index (χ0n) is 6.05. The van der Waals surface area contributed by atoms with E-state index in [1.54, 1.807) is 13.8 Å². The standard InChI is InChI=1S/C6H11NO3/c1-6(2)4(5(8)9)7-3-10-6/h4,7H,3H2,1-2H3,(H,8,9)/t4-/m1/s1. The molecule has 1 saturated heterocycles. The van der Waals surface area contributed by atoms with E-state index in [2.05, 4.69) is 5.32 Å². The number of rotatable bonds is 1. The maximum atomic E-state index is 10.5. The van der Waals surface area contributed by atoms with E-state index in [-0.39, 0.29) is 0 Å². The molecule has 4 nitrogen and oxygen atoms in total. The van der Waals surface area contributed by atoms with Gasteiger partial charge in [0.1, 0.15) is 6.04 Å². The van der Waals surface area contributed by atoms with Gasteiger partial charge in [0.15, 0.2) is 0 Å². The molecule has 0 saturated carbocycles. The third-order valence-corrected chi connectivity index (χ3v) is 1.67. The molecular weight excluding hydrogens is 134 g/mol. The van der Waals surface area contributed by atoms with Crippen molar-refractivity contribution in [3.05, 3.63) is 0 Å². The van der Waals surface area contributed by atoms with E-state index >= 15 is 0 Å². The van der Waals surface area contributed by atoms with E-state index in [4.69, 9.17) is 9.84 Å².